The Morgan fingerprint density at radius 2 is 0.978 bits per heavy atom. The summed E-state index contributed by atoms with van der Waals surface area (Å²) >= 11 is 0. The van der Waals surface area contributed by atoms with Gasteiger partial charge in [0.15, 0.2) is 0 Å². The van der Waals surface area contributed by atoms with Gasteiger partial charge in [-0.2, -0.15) is 0 Å². The third-order valence-electron chi connectivity index (χ3n) is 7.30. The van der Waals surface area contributed by atoms with Crippen molar-refractivity contribution in [2.24, 2.45) is 11.8 Å². The predicted octanol–water partition coefficient (Wildman–Crippen LogP) is 9.48. The first kappa shape index (κ1) is 35.9. The molecule has 7 heteroatoms. The van der Waals surface area contributed by atoms with Gasteiger partial charge in [0.25, 0.3) is 0 Å². The highest BCUT2D eigenvalue weighted by molar-refractivity contribution is 8.10. The fourth-order valence-corrected chi connectivity index (χ4v) is 9.70. The van der Waals surface area contributed by atoms with E-state index in [1.165, 1.54) is 54.6 Å². The van der Waals surface area contributed by atoms with Crippen LogP contribution in [0.1, 0.15) is 69.7 Å². The number of benzene rings is 4. The van der Waals surface area contributed by atoms with Crippen LogP contribution in [0.4, 0.5) is 4.39 Å². The molecule has 0 bridgehead atoms. The molecule has 1 unspecified atom stereocenters. The van der Waals surface area contributed by atoms with E-state index in [0.29, 0.717) is 17.4 Å². The van der Waals surface area contributed by atoms with Crippen molar-refractivity contribution in [3.8, 4) is 0 Å². The fourth-order valence-electron chi connectivity index (χ4n) is 5.20. The normalized spacial score (nSPS) is 13.1. The van der Waals surface area contributed by atoms with Gasteiger partial charge in [-0.3, -0.25) is 0 Å². The molecule has 0 spiro atoms. The van der Waals surface area contributed by atoms with Crippen molar-refractivity contribution in [3.05, 3.63) is 138 Å². The van der Waals surface area contributed by atoms with Crippen molar-refractivity contribution in [1.82, 2.24) is 0 Å². The van der Waals surface area contributed by atoms with Crippen molar-refractivity contribution in [1.29, 1.82) is 0 Å². The van der Waals surface area contributed by atoms with Gasteiger partial charge in [-0.25, -0.2) is 21.2 Å². The Morgan fingerprint density at radius 3 is 1.36 bits per heavy atom. The molecule has 4 nitrogen and oxygen atoms in total. The van der Waals surface area contributed by atoms with E-state index in [0.717, 1.165) is 24.0 Å². The zero-order valence-electron chi connectivity index (χ0n) is 27.0. The quantitative estimate of drug-likeness (QED) is 0.153. The predicted molar refractivity (Wildman–Crippen MR) is 184 cm³/mol. The molecular weight excluding hydrogens is 604 g/mol. The van der Waals surface area contributed by atoms with Gasteiger partial charge >= 0.3 is 4.33 Å². The summed E-state index contributed by atoms with van der Waals surface area (Å²) in [7, 11) is -10.2. The molecule has 4 aromatic carbocycles. The Bertz CT molecular complexity index is 1660. The lowest BCUT2D eigenvalue weighted by Gasteiger charge is -2.32. The van der Waals surface area contributed by atoms with Crippen molar-refractivity contribution < 1.29 is 21.2 Å². The molecule has 0 fully saturated rings. The molecule has 0 saturated heterocycles. The largest absolute Gasteiger partial charge is 0.327 e. The number of allylic oxidation sites excluding steroid dienone is 1. The van der Waals surface area contributed by atoms with Crippen LogP contribution in [0.2, 0.25) is 0 Å². The maximum absolute atomic E-state index is 18.1. The van der Waals surface area contributed by atoms with E-state index in [-0.39, 0.29) is 5.56 Å². The molecule has 0 aromatic heterocycles. The number of halogens is 1. The summed E-state index contributed by atoms with van der Waals surface area (Å²) in [5.41, 5.74) is 3.07. The van der Waals surface area contributed by atoms with E-state index in [1.54, 1.807) is 30.3 Å². The molecular formula is C38H45FO4S2. The lowest BCUT2D eigenvalue weighted by molar-refractivity contribution is 0.331. The van der Waals surface area contributed by atoms with E-state index in [4.69, 9.17) is 0 Å². The summed E-state index contributed by atoms with van der Waals surface area (Å²) in [6.07, 6.45) is 4.64. The average Bonchev–Trinajstić information content (AvgIpc) is 3.03. The van der Waals surface area contributed by atoms with E-state index in [1.807, 2.05) is 50.2 Å². The van der Waals surface area contributed by atoms with E-state index in [2.05, 4.69) is 27.7 Å². The maximum Gasteiger partial charge on any atom is 0.327 e. The Balaban J connectivity index is 0.00000271. The topological polar surface area (TPSA) is 68.3 Å². The monoisotopic (exact) mass is 648 g/mol. The van der Waals surface area contributed by atoms with Gasteiger partial charge in [0, 0.05) is 0 Å². The smallest absolute Gasteiger partial charge is 0.219 e. The second kappa shape index (κ2) is 15.6. The Hall–Kier alpha value is -3.55. The molecule has 1 atom stereocenters. The van der Waals surface area contributed by atoms with Gasteiger partial charge in [-0.15, -0.1) is 0 Å². The van der Waals surface area contributed by atoms with Crippen LogP contribution in [-0.4, -0.2) is 21.2 Å². The van der Waals surface area contributed by atoms with Crippen LogP contribution in [0.5, 0.6) is 0 Å². The first-order valence-electron chi connectivity index (χ1n) is 15.5. The molecule has 0 heterocycles. The summed E-state index contributed by atoms with van der Waals surface area (Å²) in [6, 6.07) is 28.5. The molecule has 45 heavy (non-hydrogen) atoms. The van der Waals surface area contributed by atoms with Crippen molar-refractivity contribution in [2.75, 3.05) is 0 Å². The Kier molecular flexibility index (Phi) is 12.5. The summed E-state index contributed by atoms with van der Waals surface area (Å²) < 4.78 is 71.4. The van der Waals surface area contributed by atoms with Gasteiger partial charge in [0.05, 0.1) is 15.7 Å². The van der Waals surface area contributed by atoms with Crippen LogP contribution in [0, 0.1) is 11.8 Å². The van der Waals surface area contributed by atoms with Gasteiger partial charge < -0.3 is 0 Å². The molecule has 0 amide bonds. The summed E-state index contributed by atoms with van der Waals surface area (Å²) in [5.74, 6) is -0.841. The highest BCUT2D eigenvalue weighted by atomic mass is 32.3. The summed E-state index contributed by atoms with van der Waals surface area (Å²) in [6.45, 7) is 12.4. The third-order valence-corrected chi connectivity index (χ3v) is 12.4. The molecule has 0 aliphatic rings. The maximum atomic E-state index is 18.1. The lowest BCUT2D eigenvalue weighted by atomic mass is 9.95. The number of rotatable bonds is 12. The van der Waals surface area contributed by atoms with Crippen molar-refractivity contribution in [3.63, 3.8) is 0 Å². The van der Waals surface area contributed by atoms with Crippen LogP contribution in [0.25, 0.3) is 6.08 Å². The van der Waals surface area contributed by atoms with Crippen molar-refractivity contribution in [2.45, 2.75) is 74.4 Å². The van der Waals surface area contributed by atoms with Gasteiger partial charge in [-0.05, 0) is 71.2 Å². The van der Waals surface area contributed by atoms with Crippen molar-refractivity contribution >= 4 is 25.8 Å². The zero-order valence-corrected chi connectivity index (χ0v) is 28.7. The summed E-state index contributed by atoms with van der Waals surface area (Å²) in [5, 5.41) is 0. The number of hydrogen-bond acceptors (Lipinski definition) is 4. The van der Waals surface area contributed by atoms with Crippen LogP contribution in [0.3, 0.4) is 0 Å². The van der Waals surface area contributed by atoms with Gasteiger partial charge in [-0.1, -0.05) is 139 Å². The highest BCUT2D eigenvalue weighted by Crippen LogP contribution is 2.48. The first-order valence-corrected chi connectivity index (χ1v) is 18.5. The standard InChI is InChI=1S/C36H39FO4S2.C2H6/c1-27(2)25-30-17-15-29(16-18-30)21-24-35(32-22-19-31(20-23-32)26-28(3)4)36(37,42(38,39)33-11-7-5-8-12-33)43(40,41)34-13-9-6-10-14-34;1-2/h5-24,27-28,35H,25-26H2,1-4H3;1-2H3/b24-21+;. The van der Waals surface area contributed by atoms with Gasteiger partial charge in [0.2, 0.25) is 19.7 Å². The minimum Gasteiger partial charge on any atom is -0.219 e. The molecule has 0 N–H and O–H groups in total. The second-order valence-electron chi connectivity index (χ2n) is 11.7. The third kappa shape index (κ3) is 8.19. The molecule has 4 aromatic rings. The number of alkyl halides is 1. The first-order chi connectivity index (χ1) is 21.4. The molecule has 0 radical (unpaired) electrons. The zero-order chi connectivity index (χ0) is 33.3. The average molecular weight is 649 g/mol. The van der Waals surface area contributed by atoms with Crippen LogP contribution in [0.15, 0.2) is 125 Å². The van der Waals surface area contributed by atoms with Crippen LogP contribution in [-0.2, 0) is 32.5 Å². The molecule has 4 rings (SSSR count). The Morgan fingerprint density at radius 1 is 0.600 bits per heavy atom. The van der Waals surface area contributed by atoms with Crippen LogP contribution < -0.4 is 0 Å². The Labute approximate surface area is 269 Å². The van der Waals surface area contributed by atoms with E-state index < -0.39 is 39.7 Å². The minimum absolute atomic E-state index is 0.238. The second-order valence-corrected chi connectivity index (χ2v) is 16.1. The molecule has 0 aliphatic heterocycles. The molecule has 0 saturated carbocycles. The van der Waals surface area contributed by atoms with E-state index in [9.17, 15) is 16.8 Å². The fraction of sp³-hybridized carbons (Fsp3) is 0.316. The van der Waals surface area contributed by atoms with E-state index >= 15 is 4.39 Å². The van der Waals surface area contributed by atoms with Gasteiger partial charge in [0.1, 0.15) is 0 Å². The SMILES string of the molecule is CC.CC(C)Cc1ccc(/C=C/C(c2ccc(CC(C)C)cc2)C(F)(S(=O)(=O)c2ccccc2)S(=O)(=O)c2ccccc2)cc1. The number of sulfone groups is 2. The van der Waals surface area contributed by atoms with Crippen LogP contribution >= 0.6 is 0 Å². The highest BCUT2D eigenvalue weighted by Gasteiger charge is 2.62. The number of hydrogen-bond donors (Lipinski definition) is 0. The molecule has 0 aliphatic carbocycles. The lowest BCUT2D eigenvalue weighted by Crippen LogP contribution is -2.47. The minimum atomic E-state index is -5.11. The summed E-state index contributed by atoms with van der Waals surface area (Å²) in [4.78, 5) is -0.824. The molecule has 240 valence electrons.